The molecule has 0 radical (unpaired) electrons. The Kier molecular flexibility index (Phi) is 6.19. The van der Waals surface area contributed by atoms with Crippen molar-refractivity contribution in [2.24, 2.45) is 0 Å². The van der Waals surface area contributed by atoms with Crippen LogP contribution in [-0.2, 0) is 20.6 Å². The lowest BCUT2D eigenvalue weighted by Crippen LogP contribution is -2.49. The van der Waals surface area contributed by atoms with Crippen LogP contribution in [0.25, 0.3) is 0 Å². The molecule has 31 heavy (non-hydrogen) atoms. The summed E-state index contributed by atoms with van der Waals surface area (Å²) in [5.41, 5.74) is -0.954. The lowest BCUT2D eigenvalue weighted by molar-refractivity contribution is -0.137. The van der Waals surface area contributed by atoms with Gasteiger partial charge in [-0.1, -0.05) is 24.3 Å². The van der Waals surface area contributed by atoms with Crippen molar-refractivity contribution in [1.82, 2.24) is 4.90 Å². The van der Waals surface area contributed by atoms with Crippen LogP contribution in [0.2, 0.25) is 0 Å². The van der Waals surface area contributed by atoms with Gasteiger partial charge in [-0.15, -0.1) is 0 Å². The van der Waals surface area contributed by atoms with Crippen molar-refractivity contribution in [1.29, 1.82) is 0 Å². The maximum atomic E-state index is 13.1. The van der Waals surface area contributed by atoms with Gasteiger partial charge in [-0.3, -0.25) is 19.3 Å². The van der Waals surface area contributed by atoms with Gasteiger partial charge in [0.05, 0.1) is 23.5 Å². The second-order valence-electron chi connectivity index (χ2n) is 6.99. The Labute approximate surface area is 176 Å². The normalized spacial score (nSPS) is 15.7. The van der Waals surface area contributed by atoms with E-state index in [1.807, 2.05) is 0 Å². The third-order valence-electron chi connectivity index (χ3n) is 4.68. The first-order valence-corrected chi connectivity index (χ1v) is 9.35. The molecule has 7 nitrogen and oxygen atoms in total. The van der Waals surface area contributed by atoms with E-state index in [0.717, 1.165) is 17.0 Å². The molecule has 0 saturated carbocycles. The number of anilines is 2. The van der Waals surface area contributed by atoms with E-state index >= 15 is 0 Å². The number of hydrogen-bond acceptors (Lipinski definition) is 4. The zero-order valence-electron chi connectivity index (χ0n) is 16.8. The number of fused-ring (bicyclic) bond motifs is 1. The van der Waals surface area contributed by atoms with Gasteiger partial charge in [-0.25, -0.2) is 0 Å². The number of alkyl halides is 3. The second kappa shape index (κ2) is 8.66. The summed E-state index contributed by atoms with van der Waals surface area (Å²) in [5, 5.41) is 2.18. The average Bonchev–Trinajstić information content (AvgIpc) is 2.70. The highest BCUT2D eigenvalue weighted by Crippen LogP contribution is 2.35. The van der Waals surface area contributed by atoms with Crippen LogP contribution in [0.4, 0.5) is 24.5 Å². The molecule has 1 heterocycles. The van der Waals surface area contributed by atoms with Crippen molar-refractivity contribution in [3.8, 4) is 5.75 Å². The summed E-state index contributed by atoms with van der Waals surface area (Å²) in [7, 11) is 1.33. The molecule has 0 aliphatic carbocycles. The molecule has 164 valence electrons. The highest BCUT2D eigenvalue weighted by Gasteiger charge is 2.35. The minimum atomic E-state index is -4.63. The van der Waals surface area contributed by atoms with Crippen LogP contribution in [0.15, 0.2) is 48.5 Å². The Morgan fingerprint density at radius 3 is 2.48 bits per heavy atom. The topological polar surface area (TPSA) is 79.0 Å². The molecule has 3 amide bonds. The van der Waals surface area contributed by atoms with Crippen molar-refractivity contribution in [2.45, 2.75) is 19.2 Å². The maximum Gasteiger partial charge on any atom is 0.418 e. The summed E-state index contributed by atoms with van der Waals surface area (Å²) in [4.78, 5) is 39.7. The third kappa shape index (κ3) is 4.96. The lowest BCUT2D eigenvalue weighted by Gasteiger charge is -2.33. The summed E-state index contributed by atoms with van der Waals surface area (Å²) >= 11 is 0. The molecule has 0 aromatic heterocycles. The van der Waals surface area contributed by atoms with Gasteiger partial charge in [0.1, 0.15) is 12.3 Å². The zero-order chi connectivity index (χ0) is 22.8. The number of nitrogens with zero attached hydrogens (tertiary/aromatic N) is 2. The summed E-state index contributed by atoms with van der Waals surface area (Å²) in [6.45, 7) is 0.734. The van der Waals surface area contributed by atoms with Gasteiger partial charge >= 0.3 is 6.18 Å². The fourth-order valence-electron chi connectivity index (χ4n) is 3.11. The fraction of sp³-hybridized carbons (Fsp3) is 0.286. The van der Waals surface area contributed by atoms with Gasteiger partial charge in [0.2, 0.25) is 11.8 Å². The van der Waals surface area contributed by atoms with Crippen molar-refractivity contribution in [3.63, 3.8) is 0 Å². The van der Waals surface area contributed by atoms with Crippen molar-refractivity contribution >= 4 is 29.1 Å². The Balaban J connectivity index is 1.67. The molecule has 1 aliphatic heterocycles. The molecule has 10 heteroatoms. The van der Waals surface area contributed by atoms with Crippen LogP contribution in [0.1, 0.15) is 12.5 Å². The number of para-hydroxylation sites is 3. The van der Waals surface area contributed by atoms with Crippen LogP contribution in [-0.4, -0.2) is 48.9 Å². The highest BCUT2D eigenvalue weighted by molar-refractivity contribution is 6.04. The van der Waals surface area contributed by atoms with Crippen LogP contribution in [0.5, 0.6) is 5.75 Å². The number of rotatable bonds is 5. The predicted molar refractivity (Wildman–Crippen MR) is 107 cm³/mol. The van der Waals surface area contributed by atoms with Crippen LogP contribution in [0.3, 0.4) is 0 Å². The molecule has 3 rings (SSSR count). The van der Waals surface area contributed by atoms with Gasteiger partial charge < -0.3 is 15.0 Å². The SMILES string of the molecule is C[C@@H]1Oc2ccccc2N(CC(=O)N(C)CC(=O)Nc2ccccc2C(F)(F)F)C1=O. The summed E-state index contributed by atoms with van der Waals surface area (Å²) in [6, 6.07) is 11.3. The smallest absolute Gasteiger partial charge is 0.418 e. The molecule has 0 bridgehead atoms. The van der Waals surface area contributed by atoms with E-state index in [1.54, 1.807) is 31.2 Å². The Hall–Kier alpha value is -3.56. The van der Waals surface area contributed by atoms with Crippen LogP contribution < -0.4 is 15.0 Å². The number of benzene rings is 2. The zero-order valence-corrected chi connectivity index (χ0v) is 16.8. The van der Waals surface area contributed by atoms with E-state index in [9.17, 15) is 27.6 Å². The number of hydrogen-bond donors (Lipinski definition) is 1. The van der Waals surface area contributed by atoms with Gasteiger partial charge in [0.15, 0.2) is 6.10 Å². The fourth-order valence-corrected chi connectivity index (χ4v) is 3.11. The maximum absolute atomic E-state index is 13.1. The molecular weight excluding hydrogens is 415 g/mol. The van der Waals surface area contributed by atoms with Gasteiger partial charge in [0.25, 0.3) is 5.91 Å². The molecule has 1 N–H and O–H groups in total. The number of carbonyl (C=O) groups excluding carboxylic acids is 3. The quantitative estimate of drug-likeness (QED) is 0.784. The molecule has 1 aliphatic rings. The second-order valence-corrected chi connectivity index (χ2v) is 6.99. The number of amides is 3. The first kappa shape index (κ1) is 22.1. The van der Waals surface area contributed by atoms with Gasteiger partial charge in [-0.2, -0.15) is 13.2 Å². The molecule has 2 aromatic rings. The van der Waals surface area contributed by atoms with Crippen LogP contribution >= 0.6 is 0 Å². The standard InChI is InChI=1S/C21H20F3N3O4/c1-13-20(30)27(16-9-5-6-10-17(16)31-13)12-19(29)26(2)11-18(28)25-15-8-4-3-7-14(15)21(22,23)24/h3-10,13H,11-12H2,1-2H3,(H,25,28)/t13-/m0/s1. The van der Waals surface area contributed by atoms with Crippen molar-refractivity contribution < 1.29 is 32.3 Å². The molecule has 0 fully saturated rings. The van der Waals surface area contributed by atoms with Gasteiger partial charge in [0, 0.05) is 7.05 Å². The molecule has 1 atom stereocenters. The first-order valence-electron chi connectivity index (χ1n) is 9.35. The Morgan fingerprint density at radius 2 is 1.77 bits per heavy atom. The molecule has 2 aromatic carbocycles. The monoisotopic (exact) mass is 435 g/mol. The Morgan fingerprint density at radius 1 is 1.13 bits per heavy atom. The minimum absolute atomic E-state index is 0.341. The van der Waals surface area contributed by atoms with E-state index in [0.29, 0.717) is 11.4 Å². The number of ether oxygens (including phenoxy) is 1. The summed E-state index contributed by atoms with van der Waals surface area (Å²) in [6.07, 6.45) is -5.41. The highest BCUT2D eigenvalue weighted by atomic mass is 19.4. The van der Waals surface area contributed by atoms with Crippen molar-refractivity contribution in [2.75, 3.05) is 30.4 Å². The molecular formula is C21H20F3N3O4. The number of likely N-dealkylation sites (N-methyl/N-ethyl adjacent to an activating group) is 1. The number of nitrogens with one attached hydrogen (secondary N) is 1. The van der Waals surface area contributed by atoms with E-state index in [-0.39, 0.29) is 6.54 Å². The molecule has 0 spiro atoms. The minimum Gasteiger partial charge on any atom is -0.479 e. The molecule has 0 saturated heterocycles. The van der Waals surface area contributed by atoms with Gasteiger partial charge in [-0.05, 0) is 31.2 Å². The summed E-state index contributed by atoms with van der Waals surface area (Å²) < 4.78 is 44.7. The Bertz CT molecular complexity index is 1010. The number of halogens is 3. The largest absolute Gasteiger partial charge is 0.479 e. The van der Waals surface area contributed by atoms with E-state index in [1.165, 1.54) is 24.1 Å². The average molecular weight is 435 g/mol. The number of carbonyl (C=O) groups is 3. The van der Waals surface area contributed by atoms with Crippen LogP contribution in [0, 0.1) is 0 Å². The first-order chi connectivity index (χ1) is 14.6. The lowest BCUT2D eigenvalue weighted by atomic mass is 10.1. The van der Waals surface area contributed by atoms with E-state index < -0.39 is 47.8 Å². The van der Waals surface area contributed by atoms with Crippen molar-refractivity contribution in [3.05, 3.63) is 54.1 Å². The van der Waals surface area contributed by atoms with E-state index in [2.05, 4.69) is 5.32 Å². The molecule has 0 unspecified atom stereocenters. The summed E-state index contributed by atoms with van der Waals surface area (Å²) in [5.74, 6) is -1.32. The predicted octanol–water partition coefficient (Wildman–Crippen LogP) is 2.92. The van der Waals surface area contributed by atoms with E-state index in [4.69, 9.17) is 4.74 Å². The third-order valence-corrected chi connectivity index (χ3v) is 4.68.